The molecule has 0 aliphatic carbocycles. The number of ether oxygens (including phenoxy) is 2. The predicted octanol–water partition coefficient (Wildman–Crippen LogP) is 8.49. The number of benzene rings is 1. The molecule has 0 bridgehead atoms. The quantitative estimate of drug-likeness (QED) is 0.133. The third kappa shape index (κ3) is 7.67. The van der Waals surface area contributed by atoms with Gasteiger partial charge in [-0.2, -0.15) is 0 Å². The molecule has 3 nitrogen and oxygen atoms in total. The van der Waals surface area contributed by atoms with E-state index in [0.717, 1.165) is 41.7 Å². The van der Waals surface area contributed by atoms with Crippen LogP contribution in [0.4, 0.5) is 0 Å². The molecular weight excluding hydrogens is 396 g/mol. The van der Waals surface area contributed by atoms with E-state index in [9.17, 15) is 4.79 Å². The van der Waals surface area contributed by atoms with Crippen LogP contribution in [-0.2, 0) is 11.2 Å². The molecule has 2 rings (SSSR count). The molecule has 1 atom stereocenters. The molecule has 1 aliphatic rings. The lowest BCUT2D eigenvalue weighted by Gasteiger charge is -2.37. The van der Waals surface area contributed by atoms with Crippen molar-refractivity contribution >= 4 is 5.97 Å². The van der Waals surface area contributed by atoms with E-state index in [4.69, 9.17) is 9.47 Å². The molecule has 0 spiro atoms. The lowest BCUT2D eigenvalue weighted by Crippen LogP contribution is -2.36. The Morgan fingerprint density at radius 3 is 2.19 bits per heavy atom. The van der Waals surface area contributed by atoms with Gasteiger partial charge in [0, 0.05) is 18.9 Å². The molecule has 0 aromatic heterocycles. The summed E-state index contributed by atoms with van der Waals surface area (Å²) < 4.78 is 12.1. The Morgan fingerprint density at radius 1 is 0.938 bits per heavy atom. The first-order valence-electron chi connectivity index (χ1n) is 12.9. The summed E-state index contributed by atoms with van der Waals surface area (Å²) in [5.74, 6) is 1.44. The Bertz CT molecular complexity index is 777. The van der Waals surface area contributed by atoms with Crippen LogP contribution in [0.25, 0.3) is 0 Å². The maximum atomic E-state index is 11.5. The molecule has 0 fully saturated rings. The van der Waals surface area contributed by atoms with Crippen molar-refractivity contribution in [1.82, 2.24) is 0 Å². The van der Waals surface area contributed by atoms with Crippen LogP contribution in [0.1, 0.15) is 120 Å². The van der Waals surface area contributed by atoms with Crippen LogP contribution in [0.2, 0.25) is 0 Å². The second kappa shape index (κ2) is 13.1. The second-order valence-corrected chi connectivity index (χ2v) is 9.95. The fourth-order valence-electron chi connectivity index (χ4n) is 4.75. The van der Waals surface area contributed by atoms with Crippen molar-refractivity contribution in [1.29, 1.82) is 0 Å². The van der Waals surface area contributed by atoms with Crippen LogP contribution in [0.5, 0.6) is 11.5 Å². The van der Waals surface area contributed by atoms with Gasteiger partial charge in [-0.1, -0.05) is 70.4 Å². The van der Waals surface area contributed by atoms with E-state index in [1.54, 1.807) is 0 Å². The van der Waals surface area contributed by atoms with Crippen molar-refractivity contribution in [3.63, 3.8) is 0 Å². The third-order valence-electron chi connectivity index (χ3n) is 7.00. The van der Waals surface area contributed by atoms with Gasteiger partial charge in [-0.3, -0.25) is 4.79 Å². The fourth-order valence-corrected chi connectivity index (χ4v) is 4.75. The zero-order chi connectivity index (χ0) is 23.6. The van der Waals surface area contributed by atoms with Crippen LogP contribution in [0, 0.1) is 20.8 Å². The Morgan fingerprint density at radius 2 is 1.56 bits per heavy atom. The van der Waals surface area contributed by atoms with Crippen molar-refractivity contribution in [2.45, 2.75) is 131 Å². The number of carbonyl (C=O) groups excluding carboxylic acids is 1. The molecule has 0 N–H and O–H groups in total. The van der Waals surface area contributed by atoms with Gasteiger partial charge in [-0.25, -0.2) is 0 Å². The van der Waals surface area contributed by atoms with Gasteiger partial charge in [-0.15, -0.1) is 0 Å². The van der Waals surface area contributed by atoms with Crippen LogP contribution in [0.3, 0.4) is 0 Å². The molecule has 0 unspecified atom stereocenters. The number of allylic oxidation sites excluding steroid dienone is 1. The SMILES string of the molecule is CCCCCCCCCCCC=CC[C@]1(C)CCc2c(C)c(OC(C)=O)c(C)c(C)c2O1. The van der Waals surface area contributed by atoms with Crippen molar-refractivity contribution < 1.29 is 14.3 Å². The molecule has 1 heterocycles. The molecule has 1 aromatic carbocycles. The van der Waals surface area contributed by atoms with Crippen molar-refractivity contribution in [3.8, 4) is 11.5 Å². The van der Waals surface area contributed by atoms with Crippen molar-refractivity contribution in [3.05, 3.63) is 34.4 Å². The minimum absolute atomic E-state index is 0.172. The highest BCUT2D eigenvalue weighted by atomic mass is 16.5. The molecule has 180 valence electrons. The van der Waals surface area contributed by atoms with Crippen LogP contribution in [0.15, 0.2) is 12.2 Å². The van der Waals surface area contributed by atoms with Gasteiger partial charge in [0.1, 0.15) is 17.1 Å². The largest absolute Gasteiger partial charge is 0.487 e. The number of fused-ring (bicyclic) bond motifs is 1. The van der Waals surface area contributed by atoms with E-state index in [1.165, 1.54) is 76.7 Å². The van der Waals surface area contributed by atoms with Crippen LogP contribution >= 0.6 is 0 Å². The summed E-state index contributed by atoms with van der Waals surface area (Å²) in [4.78, 5) is 11.5. The highest BCUT2D eigenvalue weighted by Gasteiger charge is 2.34. The van der Waals surface area contributed by atoms with Crippen LogP contribution < -0.4 is 9.47 Å². The summed E-state index contributed by atoms with van der Waals surface area (Å²) in [5, 5.41) is 0. The van der Waals surface area contributed by atoms with Gasteiger partial charge >= 0.3 is 5.97 Å². The van der Waals surface area contributed by atoms with Gasteiger partial charge in [0.15, 0.2) is 0 Å². The third-order valence-corrected chi connectivity index (χ3v) is 7.00. The average molecular weight is 443 g/mol. The van der Waals surface area contributed by atoms with Gasteiger partial charge in [0.05, 0.1) is 0 Å². The first kappa shape index (κ1) is 26.5. The Hall–Kier alpha value is -1.77. The molecule has 0 radical (unpaired) electrons. The monoisotopic (exact) mass is 442 g/mol. The van der Waals surface area contributed by atoms with Gasteiger partial charge in [0.2, 0.25) is 0 Å². The maximum Gasteiger partial charge on any atom is 0.308 e. The van der Waals surface area contributed by atoms with E-state index >= 15 is 0 Å². The summed E-state index contributed by atoms with van der Waals surface area (Å²) in [5.41, 5.74) is 4.16. The van der Waals surface area contributed by atoms with Crippen LogP contribution in [-0.4, -0.2) is 11.6 Å². The first-order valence-corrected chi connectivity index (χ1v) is 12.9. The molecule has 32 heavy (non-hydrogen) atoms. The maximum absolute atomic E-state index is 11.5. The van der Waals surface area contributed by atoms with E-state index in [-0.39, 0.29) is 11.6 Å². The van der Waals surface area contributed by atoms with E-state index in [2.05, 4.69) is 32.9 Å². The predicted molar refractivity (Wildman–Crippen MR) is 135 cm³/mol. The Balaban J connectivity index is 1.80. The minimum Gasteiger partial charge on any atom is -0.487 e. The molecule has 0 amide bonds. The second-order valence-electron chi connectivity index (χ2n) is 9.95. The summed E-state index contributed by atoms with van der Waals surface area (Å²) in [6.07, 6.45) is 21.1. The number of hydrogen-bond donors (Lipinski definition) is 0. The average Bonchev–Trinajstić information content (AvgIpc) is 2.75. The number of unbranched alkanes of at least 4 members (excludes halogenated alkanes) is 9. The lowest BCUT2D eigenvalue weighted by molar-refractivity contribution is -0.132. The van der Waals surface area contributed by atoms with E-state index in [0.29, 0.717) is 5.75 Å². The summed E-state index contributed by atoms with van der Waals surface area (Å²) in [7, 11) is 0. The summed E-state index contributed by atoms with van der Waals surface area (Å²) >= 11 is 0. The van der Waals surface area contributed by atoms with Gasteiger partial charge < -0.3 is 9.47 Å². The lowest BCUT2D eigenvalue weighted by atomic mass is 9.85. The smallest absolute Gasteiger partial charge is 0.308 e. The highest BCUT2D eigenvalue weighted by Crippen LogP contribution is 2.44. The van der Waals surface area contributed by atoms with E-state index < -0.39 is 0 Å². The van der Waals surface area contributed by atoms with Crippen molar-refractivity contribution in [2.75, 3.05) is 0 Å². The zero-order valence-electron chi connectivity index (χ0n) is 21.6. The fraction of sp³-hybridized carbons (Fsp3) is 0.690. The van der Waals surface area contributed by atoms with Gasteiger partial charge in [0.25, 0.3) is 0 Å². The first-order chi connectivity index (χ1) is 15.3. The highest BCUT2D eigenvalue weighted by molar-refractivity contribution is 5.72. The number of rotatable bonds is 13. The zero-order valence-corrected chi connectivity index (χ0v) is 21.6. The number of hydrogen-bond acceptors (Lipinski definition) is 3. The number of carbonyl (C=O) groups is 1. The minimum atomic E-state index is -0.269. The Labute approximate surface area is 197 Å². The standard InChI is InChI=1S/C29H46O3/c1-7-8-9-10-11-12-13-14-15-16-17-18-20-29(6)21-19-26-24(4)27(31-25(5)30)22(2)23(3)28(26)32-29/h17-18H,7-16,19-21H2,1-6H3/t29-/m1/s1. The summed E-state index contributed by atoms with van der Waals surface area (Å²) in [6.45, 7) is 12.1. The molecule has 1 aliphatic heterocycles. The topological polar surface area (TPSA) is 35.5 Å². The normalized spacial score (nSPS) is 17.9. The van der Waals surface area contributed by atoms with Crippen molar-refractivity contribution in [2.24, 2.45) is 0 Å². The van der Waals surface area contributed by atoms with E-state index in [1.807, 2.05) is 13.8 Å². The molecule has 0 saturated heterocycles. The molecular formula is C29H46O3. The summed E-state index contributed by atoms with van der Waals surface area (Å²) in [6, 6.07) is 0. The molecule has 0 saturated carbocycles. The Kier molecular flexibility index (Phi) is 10.8. The van der Waals surface area contributed by atoms with Gasteiger partial charge in [-0.05, 0) is 70.1 Å². The molecule has 1 aromatic rings. The molecule has 3 heteroatoms. The number of esters is 1.